The highest BCUT2D eigenvalue weighted by molar-refractivity contribution is 6.30. The minimum atomic E-state index is 0.594. The first-order valence-electron chi connectivity index (χ1n) is 8.00. The molecule has 22 heavy (non-hydrogen) atoms. The molecule has 0 amide bonds. The molecule has 1 aromatic carbocycles. The fraction of sp³-hybridized carbons (Fsp3) is 0.647. The molecule has 0 saturated carbocycles. The molecule has 1 rings (SSSR count). The van der Waals surface area contributed by atoms with E-state index in [1.165, 1.54) is 6.42 Å². The topological polar surface area (TPSA) is 39.7 Å². The van der Waals surface area contributed by atoms with Gasteiger partial charge in [-0.2, -0.15) is 0 Å². The van der Waals surface area contributed by atoms with Crippen LogP contribution in [0, 0.1) is 0 Å². The minimum Gasteiger partial charge on any atom is -0.493 e. The van der Waals surface area contributed by atoms with Crippen molar-refractivity contribution in [1.82, 2.24) is 5.32 Å². The van der Waals surface area contributed by atoms with Crippen LogP contribution in [0.1, 0.15) is 38.7 Å². The molecule has 4 nitrogen and oxygen atoms in total. The summed E-state index contributed by atoms with van der Waals surface area (Å²) in [4.78, 5) is 0. The number of benzene rings is 1. The number of unbranched alkanes of at least 4 members (excludes halogenated alkanes) is 1. The molecular formula is C17H28ClNO3. The second-order valence-electron chi connectivity index (χ2n) is 5.03. The number of rotatable bonds is 12. The highest BCUT2D eigenvalue weighted by Gasteiger charge is 2.12. The van der Waals surface area contributed by atoms with Crippen LogP contribution in [0.5, 0.6) is 11.5 Å². The predicted octanol–water partition coefficient (Wildman–Crippen LogP) is 4.04. The summed E-state index contributed by atoms with van der Waals surface area (Å²) in [7, 11) is 1.62. The number of ether oxygens (including phenoxy) is 3. The Balaban J connectivity index is 2.42. The summed E-state index contributed by atoms with van der Waals surface area (Å²) >= 11 is 6.13. The van der Waals surface area contributed by atoms with Gasteiger partial charge in [-0.25, -0.2) is 0 Å². The molecule has 0 saturated heterocycles. The van der Waals surface area contributed by atoms with Crippen LogP contribution in [-0.4, -0.2) is 33.5 Å². The van der Waals surface area contributed by atoms with E-state index in [-0.39, 0.29) is 0 Å². The van der Waals surface area contributed by atoms with Gasteiger partial charge in [0, 0.05) is 36.4 Å². The Hall–Kier alpha value is -0.970. The van der Waals surface area contributed by atoms with Gasteiger partial charge in [0.15, 0.2) is 11.5 Å². The highest BCUT2D eigenvalue weighted by atomic mass is 35.5. The normalized spacial score (nSPS) is 10.7. The van der Waals surface area contributed by atoms with Crippen LogP contribution < -0.4 is 14.8 Å². The summed E-state index contributed by atoms with van der Waals surface area (Å²) in [5.41, 5.74) is 1.01. The van der Waals surface area contributed by atoms with E-state index in [1.807, 2.05) is 13.0 Å². The largest absolute Gasteiger partial charge is 0.493 e. The zero-order valence-electron chi connectivity index (χ0n) is 13.9. The van der Waals surface area contributed by atoms with Crippen molar-refractivity contribution < 1.29 is 14.2 Å². The van der Waals surface area contributed by atoms with Gasteiger partial charge in [-0.1, -0.05) is 24.9 Å². The van der Waals surface area contributed by atoms with Crippen LogP contribution in [-0.2, 0) is 11.3 Å². The number of halogens is 1. The molecule has 0 aliphatic rings. The molecule has 0 aliphatic carbocycles. The Morgan fingerprint density at radius 2 is 1.91 bits per heavy atom. The van der Waals surface area contributed by atoms with Crippen molar-refractivity contribution in [2.24, 2.45) is 0 Å². The molecule has 126 valence electrons. The van der Waals surface area contributed by atoms with E-state index in [9.17, 15) is 0 Å². The zero-order chi connectivity index (χ0) is 16.2. The van der Waals surface area contributed by atoms with Crippen LogP contribution in [0.2, 0.25) is 5.02 Å². The molecule has 1 aromatic rings. The Labute approximate surface area is 139 Å². The van der Waals surface area contributed by atoms with Crippen LogP contribution in [0.4, 0.5) is 0 Å². The quantitative estimate of drug-likeness (QED) is 0.587. The summed E-state index contributed by atoms with van der Waals surface area (Å²) in [5, 5.41) is 4.05. The maximum Gasteiger partial charge on any atom is 0.165 e. The number of nitrogens with one attached hydrogen (secondary N) is 1. The number of hydrogen-bond acceptors (Lipinski definition) is 4. The van der Waals surface area contributed by atoms with Gasteiger partial charge in [0.2, 0.25) is 0 Å². The molecule has 0 aromatic heterocycles. The lowest BCUT2D eigenvalue weighted by Gasteiger charge is -2.15. The molecule has 0 heterocycles. The molecule has 0 radical (unpaired) electrons. The Morgan fingerprint density at radius 1 is 1.14 bits per heavy atom. The lowest BCUT2D eigenvalue weighted by atomic mass is 10.1. The van der Waals surface area contributed by atoms with E-state index < -0.39 is 0 Å². The van der Waals surface area contributed by atoms with Crippen molar-refractivity contribution >= 4 is 11.6 Å². The average molecular weight is 330 g/mol. The van der Waals surface area contributed by atoms with E-state index in [4.69, 9.17) is 25.8 Å². The first-order chi connectivity index (χ1) is 10.7. The molecule has 0 bridgehead atoms. The first-order valence-corrected chi connectivity index (χ1v) is 8.38. The van der Waals surface area contributed by atoms with Gasteiger partial charge in [-0.05, 0) is 32.4 Å². The van der Waals surface area contributed by atoms with Gasteiger partial charge in [-0.3, -0.25) is 0 Å². The summed E-state index contributed by atoms with van der Waals surface area (Å²) in [6.45, 7) is 7.96. The van der Waals surface area contributed by atoms with Gasteiger partial charge in [0.1, 0.15) is 0 Å². The van der Waals surface area contributed by atoms with Crippen LogP contribution in [0.15, 0.2) is 12.1 Å². The fourth-order valence-corrected chi connectivity index (χ4v) is 2.32. The van der Waals surface area contributed by atoms with E-state index in [0.717, 1.165) is 43.9 Å². The smallest absolute Gasteiger partial charge is 0.165 e. The minimum absolute atomic E-state index is 0.594. The van der Waals surface area contributed by atoms with Gasteiger partial charge in [0.05, 0.1) is 13.7 Å². The second-order valence-corrected chi connectivity index (χ2v) is 5.46. The summed E-state index contributed by atoms with van der Waals surface area (Å²) in [6.07, 6.45) is 3.30. The maximum atomic E-state index is 6.13. The van der Waals surface area contributed by atoms with Crippen molar-refractivity contribution in [2.45, 2.75) is 39.7 Å². The third-order valence-electron chi connectivity index (χ3n) is 3.21. The average Bonchev–Trinajstić information content (AvgIpc) is 2.52. The van der Waals surface area contributed by atoms with Gasteiger partial charge in [-0.15, -0.1) is 0 Å². The third-order valence-corrected chi connectivity index (χ3v) is 3.42. The summed E-state index contributed by atoms with van der Waals surface area (Å²) in [5.74, 6) is 1.44. The van der Waals surface area contributed by atoms with Crippen LogP contribution in [0.3, 0.4) is 0 Å². The fourth-order valence-electron chi connectivity index (χ4n) is 2.08. The summed E-state index contributed by atoms with van der Waals surface area (Å²) in [6, 6.07) is 3.69. The van der Waals surface area contributed by atoms with E-state index in [0.29, 0.717) is 23.9 Å². The standard InChI is InChI=1S/C17H28ClNO3/c1-4-6-9-21-10-7-8-19-13-14-11-15(18)12-16(20-3)17(14)22-5-2/h11-12,19H,4-10,13H2,1-3H3. The Kier molecular flexibility index (Phi) is 10.0. The predicted molar refractivity (Wildman–Crippen MR) is 91.2 cm³/mol. The van der Waals surface area contributed by atoms with Crippen molar-refractivity contribution in [3.05, 3.63) is 22.7 Å². The Morgan fingerprint density at radius 3 is 2.59 bits per heavy atom. The maximum absolute atomic E-state index is 6.13. The van der Waals surface area contributed by atoms with E-state index in [2.05, 4.69) is 12.2 Å². The molecule has 0 atom stereocenters. The molecule has 0 unspecified atom stereocenters. The third kappa shape index (κ3) is 6.86. The van der Waals surface area contributed by atoms with Crippen molar-refractivity contribution in [3.63, 3.8) is 0 Å². The van der Waals surface area contributed by atoms with Gasteiger partial charge in [0.25, 0.3) is 0 Å². The van der Waals surface area contributed by atoms with Crippen molar-refractivity contribution in [3.8, 4) is 11.5 Å². The van der Waals surface area contributed by atoms with Crippen LogP contribution in [0.25, 0.3) is 0 Å². The lowest BCUT2D eigenvalue weighted by molar-refractivity contribution is 0.128. The molecule has 1 N–H and O–H groups in total. The zero-order valence-corrected chi connectivity index (χ0v) is 14.7. The van der Waals surface area contributed by atoms with Crippen molar-refractivity contribution in [2.75, 3.05) is 33.5 Å². The monoisotopic (exact) mass is 329 g/mol. The molecule has 0 fully saturated rings. The summed E-state index contributed by atoms with van der Waals surface area (Å²) < 4.78 is 16.6. The second kappa shape index (κ2) is 11.6. The van der Waals surface area contributed by atoms with Crippen molar-refractivity contribution in [1.29, 1.82) is 0 Å². The number of hydrogen-bond donors (Lipinski definition) is 1. The molecular weight excluding hydrogens is 302 g/mol. The van der Waals surface area contributed by atoms with E-state index in [1.54, 1.807) is 13.2 Å². The van der Waals surface area contributed by atoms with Crippen LogP contribution >= 0.6 is 11.6 Å². The molecule has 0 spiro atoms. The highest BCUT2D eigenvalue weighted by Crippen LogP contribution is 2.34. The van der Waals surface area contributed by atoms with Gasteiger partial charge >= 0.3 is 0 Å². The van der Waals surface area contributed by atoms with E-state index >= 15 is 0 Å². The SMILES string of the molecule is CCCCOCCCNCc1cc(Cl)cc(OC)c1OCC. The molecule has 5 heteroatoms. The molecule has 0 aliphatic heterocycles. The number of methoxy groups -OCH3 is 1. The van der Waals surface area contributed by atoms with Gasteiger partial charge < -0.3 is 19.5 Å². The lowest BCUT2D eigenvalue weighted by Crippen LogP contribution is -2.17. The Bertz CT molecular complexity index is 427. The first kappa shape index (κ1) is 19.1.